The molecule has 1 heterocycles. The number of thiophene rings is 1. The van der Waals surface area contributed by atoms with Crippen molar-refractivity contribution < 1.29 is 0 Å². The Morgan fingerprint density at radius 3 is 1.57 bits per heavy atom. The van der Waals surface area contributed by atoms with Gasteiger partial charge in [-0.1, -0.05) is 206 Å². The van der Waals surface area contributed by atoms with Gasteiger partial charge in [-0.25, -0.2) is 0 Å². The predicted molar refractivity (Wildman–Crippen MR) is 267 cm³/mol. The van der Waals surface area contributed by atoms with Gasteiger partial charge in [0, 0.05) is 37.0 Å². The van der Waals surface area contributed by atoms with Crippen LogP contribution in [0.25, 0.3) is 75.8 Å². The highest BCUT2D eigenvalue weighted by atomic mass is 32.1. The van der Waals surface area contributed by atoms with Crippen LogP contribution in [0.4, 0.5) is 17.1 Å². The number of hydrogen-bond donors (Lipinski definition) is 0. The summed E-state index contributed by atoms with van der Waals surface area (Å²) in [5.74, 6) is 0. The summed E-state index contributed by atoms with van der Waals surface area (Å²) in [6.45, 7) is 0. The van der Waals surface area contributed by atoms with Crippen molar-refractivity contribution >= 4 is 48.6 Å². The highest BCUT2D eigenvalue weighted by molar-refractivity contribution is 7.26. The third kappa shape index (κ3) is 5.29. The smallest absolute Gasteiger partial charge is 0.0726 e. The van der Waals surface area contributed by atoms with Crippen LogP contribution in [0.5, 0.6) is 0 Å². The molecule has 0 amide bonds. The van der Waals surface area contributed by atoms with Crippen molar-refractivity contribution in [2.24, 2.45) is 0 Å². The molecule has 294 valence electrons. The standard InChI is InChI=1S/C61H39NS/c1-3-17-40(18-4-1)41-33-36-44(37-34-41)62(57-39-43(35-38-45(57)42-19-5-2-6-20-42)46-25-15-26-50-49-23-10-14-32-58(49)63-60(46)50)56-31-16-30-55-59(56)51-24-9-13-29-54(51)61(55)52-27-11-7-21-47(52)48-22-8-12-28-53(48)61/h1-39H. The summed E-state index contributed by atoms with van der Waals surface area (Å²) < 4.78 is 2.62. The van der Waals surface area contributed by atoms with Crippen LogP contribution in [0.2, 0.25) is 0 Å². The molecule has 0 aliphatic heterocycles. The van der Waals surface area contributed by atoms with Gasteiger partial charge in [-0.3, -0.25) is 0 Å². The fraction of sp³-hybridized carbons (Fsp3) is 0.0164. The van der Waals surface area contributed by atoms with Crippen LogP contribution in [0.15, 0.2) is 237 Å². The molecule has 1 spiro atoms. The van der Waals surface area contributed by atoms with Gasteiger partial charge < -0.3 is 4.90 Å². The van der Waals surface area contributed by atoms with E-state index in [0.717, 1.165) is 17.1 Å². The summed E-state index contributed by atoms with van der Waals surface area (Å²) in [5.41, 5.74) is 20.6. The van der Waals surface area contributed by atoms with Crippen LogP contribution in [0, 0.1) is 0 Å². The second kappa shape index (κ2) is 14.1. The third-order valence-corrected chi connectivity index (χ3v) is 14.7. The van der Waals surface area contributed by atoms with Gasteiger partial charge in [0.2, 0.25) is 0 Å². The second-order valence-electron chi connectivity index (χ2n) is 16.7. The first-order valence-electron chi connectivity index (χ1n) is 21.8. The van der Waals surface area contributed by atoms with Crippen molar-refractivity contribution in [3.63, 3.8) is 0 Å². The van der Waals surface area contributed by atoms with Gasteiger partial charge >= 0.3 is 0 Å². The average Bonchev–Trinajstić information content (AvgIpc) is 4.00. The molecule has 1 nitrogen and oxygen atoms in total. The van der Waals surface area contributed by atoms with Crippen LogP contribution in [0.3, 0.4) is 0 Å². The number of nitrogens with zero attached hydrogens (tertiary/aromatic N) is 1. The van der Waals surface area contributed by atoms with Crippen LogP contribution < -0.4 is 4.90 Å². The molecular formula is C61H39NS. The molecule has 63 heavy (non-hydrogen) atoms. The zero-order chi connectivity index (χ0) is 41.5. The first-order chi connectivity index (χ1) is 31.3. The Labute approximate surface area is 371 Å². The Morgan fingerprint density at radius 2 is 0.841 bits per heavy atom. The van der Waals surface area contributed by atoms with Crippen molar-refractivity contribution in [3.05, 3.63) is 259 Å². The van der Waals surface area contributed by atoms with Gasteiger partial charge in [0.05, 0.1) is 16.8 Å². The predicted octanol–water partition coefficient (Wildman–Crippen LogP) is 16.9. The SMILES string of the molecule is c1ccc(-c2ccc(N(c3cc(-c4cccc5c4sc4ccccc45)ccc3-c3ccccc3)c3cccc4c3-c3ccccc3C43c4ccccc4-c4ccccc43)cc2)cc1. The summed E-state index contributed by atoms with van der Waals surface area (Å²) in [6, 6.07) is 87.8. The number of rotatable bonds is 6. The quantitative estimate of drug-likeness (QED) is 0.162. The van der Waals surface area contributed by atoms with Gasteiger partial charge in [-0.15, -0.1) is 11.3 Å². The van der Waals surface area contributed by atoms with Crippen molar-refractivity contribution in [1.82, 2.24) is 0 Å². The zero-order valence-corrected chi connectivity index (χ0v) is 35.2. The monoisotopic (exact) mass is 817 g/mol. The van der Waals surface area contributed by atoms with E-state index in [0.29, 0.717) is 0 Å². The summed E-state index contributed by atoms with van der Waals surface area (Å²) in [4.78, 5) is 2.55. The van der Waals surface area contributed by atoms with Gasteiger partial charge in [-0.2, -0.15) is 0 Å². The summed E-state index contributed by atoms with van der Waals surface area (Å²) in [7, 11) is 0. The molecule has 10 aromatic carbocycles. The summed E-state index contributed by atoms with van der Waals surface area (Å²) in [5, 5.41) is 2.61. The Kier molecular flexibility index (Phi) is 8.06. The lowest BCUT2D eigenvalue weighted by Crippen LogP contribution is -2.26. The van der Waals surface area contributed by atoms with E-state index in [1.54, 1.807) is 0 Å². The van der Waals surface area contributed by atoms with Crippen molar-refractivity contribution in [3.8, 4) is 55.6 Å². The van der Waals surface area contributed by atoms with E-state index in [9.17, 15) is 0 Å². The molecule has 2 aliphatic carbocycles. The number of fused-ring (bicyclic) bond motifs is 13. The van der Waals surface area contributed by atoms with Crippen LogP contribution >= 0.6 is 11.3 Å². The highest BCUT2D eigenvalue weighted by Crippen LogP contribution is 2.65. The fourth-order valence-corrected chi connectivity index (χ4v) is 12.1. The molecule has 0 atom stereocenters. The Bertz CT molecular complexity index is 3520. The van der Waals surface area contributed by atoms with Crippen molar-refractivity contribution in [2.75, 3.05) is 4.90 Å². The van der Waals surface area contributed by atoms with E-state index < -0.39 is 5.41 Å². The van der Waals surface area contributed by atoms with Crippen LogP contribution in [-0.2, 0) is 5.41 Å². The van der Waals surface area contributed by atoms with Gasteiger partial charge in [0.25, 0.3) is 0 Å². The first kappa shape index (κ1) is 35.9. The van der Waals surface area contributed by atoms with E-state index >= 15 is 0 Å². The minimum absolute atomic E-state index is 0.459. The molecule has 0 radical (unpaired) electrons. The van der Waals surface area contributed by atoms with Gasteiger partial charge in [-0.05, 0) is 97.1 Å². The lowest BCUT2D eigenvalue weighted by atomic mass is 9.70. The normalized spacial score (nSPS) is 12.9. The molecule has 0 saturated carbocycles. The van der Waals surface area contributed by atoms with Crippen LogP contribution in [-0.4, -0.2) is 0 Å². The van der Waals surface area contributed by atoms with E-state index in [-0.39, 0.29) is 0 Å². The molecular weight excluding hydrogens is 779 g/mol. The highest BCUT2D eigenvalue weighted by Gasteiger charge is 2.52. The van der Waals surface area contributed by atoms with E-state index in [1.807, 2.05) is 11.3 Å². The molecule has 0 fully saturated rings. The number of anilines is 3. The molecule has 2 heteroatoms. The summed E-state index contributed by atoms with van der Waals surface area (Å²) >= 11 is 1.88. The van der Waals surface area contributed by atoms with Gasteiger partial charge in [0.15, 0.2) is 0 Å². The molecule has 1 aromatic heterocycles. The maximum atomic E-state index is 2.55. The van der Waals surface area contributed by atoms with E-state index in [2.05, 4.69) is 241 Å². The van der Waals surface area contributed by atoms with Crippen molar-refractivity contribution in [1.29, 1.82) is 0 Å². The lowest BCUT2D eigenvalue weighted by Gasteiger charge is -2.32. The molecule has 2 aliphatic rings. The fourth-order valence-electron chi connectivity index (χ4n) is 10.9. The average molecular weight is 818 g/mol. The Balaban J connectivity index is 1.12. The third-order valence-electron chi connectivity index (χ3n) is 13.5. The number of benzene rings is 10. The number of hydrogen-bond acceptors (Lipinski definition) is 2. The largest absolute Gasteiger partial charge is 0.309 e. The minimum atomic E-state index is -0.459. The summed E-state index contributed by atoms with van der Waals surface area (Å²) in [6.07, 6.45) is 0. The van der Waals surface area contributed by atoms with Crippen molar-refractivity contribution in [2.45, 2.75) is 5.41 Å². The second-order valence-corrected chi connectivity index (χ2v) is 17.8. The zero-order valence-electron chi connectivity index (χ0n) is 34.4. The van der Waals surface area contributed by atoms with Crippen LogP contribution in [0.1, 0.15) is 22.3 Å². The minimum Gasteiger partial charge on any atom is -0.309 e. The van der Waals surface area contributed by atoms with E-state index in [1.165, 1.54) is 98.1 Å². The molecule has 13 rings (SSSR count). The Hall–Kier alpha value is -7.78. The Morgan fingerprint density at radius 1 is 0.317 bits per heavy atom. The molecule has 0 N–H and O–H groups in total. The first-order valence-corrected chi connectivity index (χ1v) is 22.6. The molecule has 0 bridgehead atoms. The van der Waals surface area contributed by atoms with Gasteiger partial charge in [0.1, 0.15) is 0 Å². The molecule has 0 unspecified atom stereocenters. The maximum absolute atomic E-state index is 2.55. The topological polar surface area (TPSA) is 3.24 Å². The van der Waals surface area contributed by atoms with E-state index in [4.69, 9.17) is 0 Å². The molecule has 0 saturated heterocycles. The lowest BCUT2D eigenvalue weighted by molar-refractivity contribution is 0.794. The molecule has 11 aromatic rings. The maximum Gasteiger partial charge on any atom is 0.0726 e.